The maximum Gasteiger partial charge on any atom is 0.264 e. The Morgan fingerprint density at radius 1 is 1.04 bits per heavy atom. The van der Waals surface area contributed by atoms with Crippen LogP contribution in [0.2, 0.25) is 0 Å². The summed E-state index contributed by atoms with van der Waals surface area (Å²) in [5, 5.41) is 11.5. The average molecular weight is 375 g/mol. The molecule has 0 amide bonds. The van der Waals surface area contributed by atoms with Gasteiger partial charge in [0.1, 0.15) is 0 Å². The molecule has 0 radical (unpaired) electrons. The Kier molecular flexibility index (Phi) is 7.05. The third kappa shape index (κ3) is 4.97. The predicted octanol–water partition coefficient (Wildman–Crippen LogP) is 4.72. The number of nitrogens with zero attached hydrogens (tertiary/aromatic N) is 1. The van der Waals surface area contributed by atoms with Gasteiger partial charge in [0.2, 0.25) is 0 Å². The lowest BCUT2D eigenvalue weighted by Gasteiger charge is -2.25. The number of benzene rings is 2. The summed E-state index contributed by atoms with van der Waals surface area (Å²) in [6, 6.07) is 14.8. The van der Waals surface area contributed by atoms with E-state index >= 15 is 0 Å². The van der Waals surface area contributed by atoms with Gasteiger partial charge in [-0.15, -0.1) is 0 Å². The van der Waals surface area contributed by atoms with Crippen LogP contribution in [0, 0.1) is 12.8 Å². The summed E-state index contributed by atoms with van der Waals surface area (Å²) in [6.45, 7) is 6.52. The summed E-state index contributed by atoms with van der Waals surface area (Å²) in [5.41, 5.74) is 2.71. The molecule has 142 valence electrons. The van der Waals surface area contributed by atoms with Crippen LogP contribution in [0.15, 0.2) is 48.5 Å². The highest BCUT2D eigenvalue weighted by Crippen LogP contribution is 2.57. The van der Waals surface area contributed by atoms with Gasteiger partial charge < -0.3 is 14.5 Å². The molecule has 2 aromatic rings. The lowest BCUT2D eigenvalue weighted by molar-refractivity contribution is 0.209. The van der Waals surface area contributed by atoms with Crippen LogP contribution in [0.4, 0.5) is 5.69 Å². The van der Waals surface area contributed by atoms with Crippen LogP contribution in [0.3, 0.4) is 0 Å². The van der Waals surface area contributed by atoms with Crippen LogP contribution in [-0.2, 0) is 9.09 Å². The van der Waals surface area contributed by atoms with E-state index in [1.165, 1.54) is 0 Å². The molecule has 26 heavy (non-hydrogen) atoms. The minimum atomic E-state index is -3.47. The van der Waals surface area contributed by atoms with Crippen molar-refractivity contribution in [2.45, 2.75) is 33.0 Å². The smallest absolute Gasteiger partial charge is 0.264 e. The topological polar surface area (TPSA) is 49.8 Å². The molecule has 2 atom stereocenters. The standard InChI is InChI=1S/C21H30NO3P/c1-16(2)14-15-25-26(24,20-12-10-19(11-13-20)22(4)5)21(23)18-8-6-17(3)7-9-18/h6-13,16,21,23H,14-15H2,1-5H3/t21-,26-/m1/s1. The first-order valence-corrected chi connectivity index (χ1v) is 10.7. The van der Waals surface area contributed by atoms with Gasteiger partial charge in [0.15, 0.2) is 5.85 Å². The lowest BCUT2D eigenvalue weighted by atomic mass is 10.2. The van der Waals surface area contributed by atoms with Gasteiger partial charge in [-0.3, -0.25) is 4.57 Å². The van der Waals surface area contributed by atoms with Crippen LogP contribution in [-0.4, -0.2) is 25.8 Å². The normalized spacial score (nSPS) is 14.9. The summed E-state index contributed by atoms with van der Waals surface area (Å²) in [7, 11) is 0.437. The fourth-order valence-corrected chi connectivity index (χ4v) is 4.68. The first-order chi connectivity index (χ1) is 12.2. The van der Waals surface area contributed by atoms with Crippen LogP contribution in [0.1, 0.15) is 37.2 Å². The molecule has 0 heterocycles. The minimum Gasteiger partial charge on any atom is -0.378 e. The van der Waals surface area contributed by atoms with Crippen molar-refractivity contribution in [2.75, 3.05) is 25.6 Å². The molecule has 1 N–H and O–H groups in total. The highest BCUT2D eigenvalue weighted by atomic mass is 31.2. The fourth-order valence-electron chi connectivity index (χ4n) is 2.60. The largest absolute Gasteiger partial charge is 0.378 e. The van der Waals surface area contributed by atoms with E-state index in [9.17, 15) is 9.67 Å². The van der Waals surface area contributed by atoms with E-state index in [1.807, 2.05) is 62.3 Å². The SMILES string of the molecule is Cc1ccc([C@H](O)[P@](=O)(OCCC(C)C)c2ccc(N(C)C)cc2)cc1. The molecule has 0 aromatic heterocycles. The second kappa shape index (κ2) is 8.85. The van der Waals surface area contributed by atoms with Crippen molar-refractivity contribution in [3.8, 4) is 0 Å². The summed E-state index contributed by atoms with van der Waals surface area (Å²) in [5.74, 6) is -0.739. The Labute approximate surface area is 157 Å². The zero-order valence-electron chi connectivity index (χ0n) is 16.3. The van der Waals surface area contributed by atoms with Crippen molar-refractivity contribution >= 4 is 18.4 Å². The Morgan fingerprint density at radius 2 is 1.62 bits per heavy atom. The molecule has 0 aliphatic carbocycles. The average Bonchev–Trinajstić information content (AvgIpc) is 2.61. The van der Waals surface area contributed by atoms with Crippen molar-refractivity contribution in [1.82, 2.24) is 0 Å². The molecule has 2 rings (SSSR count). The molecule has 0 aliphatic rings. The van der Waals surface area contributed by atoms with Gasteiger partial charge in [0.25, 0.3) is 7.37 Å². The third-order valence-electron chi connectivity index (χ3n) is 4.40. The quantitative estimate of drug-likeness (QED) is 0.679. The Hall–Kier alpha value is -1.61. The van der Waals surface area contributed by atoms with Crippen LogP contribution >= 0.6 is 7.37 Å². The number of aliphatic hydroxyl groups is 1. The van der Waals surface area contributed by atoms with Gasteiger partial charge in [-0.1, -0.05) is 43.7 Å². The molecule has 0 saturated carbocycles. The first-order valence-electron chi connectivity index (χ1n) is 9.01. The Balaban J connectivity index is 2.37. The maximum absolute atomic E-state index is 13.8. The molecule has 0 unspecified atom stereocenters. The molecule has 4 nitrogen and oxygen atoms in total. The summed E-state index contributed by atoms with van der Waals surface area (Å²) < 4.78 is 19.6. The van der Waals surface area contributed by atoms with Gasteiger partial charge in [-0.05, 0) is 49.1 Å². The van der Waals surface area contributed by atoms with E-state index in [0.717, 1.165) is 17.7 Å². The molecular weight excluding hydrogens is 345 g/mol. The number of anilines is 1. The van der Waals surface area contributed by atoms with E-state index in [0.29, 0.717) is 23.4 Å². The number of hydrogen-bond donors (Lipinski definition) is 1. The summed E-state index contributed by atoms with van der Waals surface area (Å²) in [6.07, 6.45) is 0.792. The zero-order valence-corrected chi connectivity index (χ0v) is 17.2. The van der Waals surface area contributed by atoms with Crippen LogP contribution in [0.5, 0.6) is 0 Å². The molecule has 2 aromatic carbocycles. The summed E-state index contributed by atoms with van der Waals surface area (Å²) in [4.78, 5) is 1.98. The number of rotatable bonds is 8. The van der Waals surface area contributed by atoms with Crippen molar-refractivity contribution in [3.05, 3.63) is 59.7 Å². The maximum atomic E-state index is 13.8. The van der Waals surface area contributed by atoms with Crippen LogP contribution < -0.4 is 10.2 Å². The van der Waals surface area contributed by atoms with Gasteiger partial charge in [-0.25, -0.2) is 0 Å². The molecular formula is C21H30NO3P. The van der Waals surface area contributed by atoms with E-state index in [2.05, 4.69) is 13.8 Å². The van der Waals surface area contributed by atoms with Crippen molar-refractivity contribution in [3.63, 3.8) is 0 Å². The van der Waals surface area contributed by atoms with Gasteiger partial charge in [0, 0.05) is 25.1 Å². The zero-order chi connectivity index (χ0) is 19.3. The van der Waals surface area contributed by atoms with Gasteiger partial charge >= 0.3 is 0 Å². The summed E-state index contributed by atoms with van der Waals surface area (Å²) >= 11 is 0. The second-order valence-electron chi connectivity index (χ2n) is 7.31. The fraction of sp³-hybridized carbons (Fsp3) is 0.429. The molecule has 0 bridgehead atoms. The van der Waals surface area contributed by atoms with Crippen molar-refractivity contribution < 1.29 is 14.2 Å². The Bertz CT molecular complexity index is 739. The first kappa shape index (κ1) is 20.7. The monoisotopic (exact) mass is 375 g/mol. The van der Waals surface area contributed by atoms with Gasteiger partial charge in [0.05, 0.1) is 6.61 Å². The third-order valence-corrected chi connectivity index (χ3v) is 6.93. The van der Waals surface area contributed by atoms with E-state index in [4.69, 9.17) is 4.52 Å². The Morgan fingerprint density at radius 3 is 2.12 bits per heavy atom. The highest BCUT2D eigenvalue weighted by molar-refractivity contribution is 7.67. The van der Waals surface area contributed by atoms with Crippen LogP contribution in [0.25, 0.3) is 0 Å². The molecule has 0 aliphatic heterocycles. The van der Waals surface area contributed by atoms with Crippen molar-refractivity contribution in [1.29, 1.82) is 0 Å². The van der Waals surface area contributed by atoms with Gasteiger partial charge in [-0.2, -0.15) is 0 Å². The number of aliphatic hydroxyl groups excluding tert-OH is 1. The predicted molar refractivity (Wildman–Crippen MR) is 110 cm³/mol. The molecule has 0 spiro atoms. The highest BCUT2D eigenvalue weighted by Gasteiger charge is 2.36. The van der Waals surface area contributed by atoms with E-state index < -0.39 is 13.2 Å². The minimum absolute atomic E-state index is 0.354. The second-order valence-corrected chi connectivity index (χ2v) is 9.77. The van der Waals surface area contributed by atoms with E-state index in [1.54, 1.807) is 12.1 Å². The van der Waals surface area contributed by atoms with E-state index in [-0.39, 0.29) is 0 Å². The molecule has 0 fully saturated rings. The molecule has 5 heteroatoms. The number of aryl methyl sites for hydroxylation is 1. The number of hydrogen-bond acceptors (Lipinski definition) is 4. The van der Waals surface area contributed by atoms with Crippen molar-refractivity contribution in [2.24, 2.45) is 5.92 Å². The molecule has 0 saturated heterocycles. The lowest BCUT2D eigenvalue weighted by Crippen LogP contribution is -2.16.